The zero-order chi connectivity index (χ0) is 89.5. The molecule has 636 valence electrons. The first kappa shape index (κ1) is 78.8. The molecule has 2 aliphatic carbocycles. The van der Waals surface area contributed by atoms with Crippen LogP contribution in [0.3, 0.4) is 0 Å². The van der Waals surface area contributed by atoms with Crippen LogP contribution in [0.15, 0.2) is 510 Å². The Hall–Kier alpha value is -17.0. The van der Waals surface area contributed by atoms with Gasteiger partial charge in [0, 0.05) is 108 Å². The lowest BCUT2D eigenvalue weighted by Crippen LogP contribution is -2.28. The number of benzene rings is 21. The molecule has 0 N–H and O–H groups in total. The molecule has 0 aliphatic heterocycles. The van der Waals surface area contributed by atoms with Crippen LogP contribution in [0.1, 0.15) is 43.1 Å². The van der Waals surface area contributed by atoms with Crippen LogP contribution < -0.4 is 9.80 Å². The van der Waals surface area contributed by atoms with E-state index < -0.39 is 10.8 Å². The van der Waals surface area contributed by atoms with Crippen molar-refractivity contribution in [3.8, 4) is 89.3 Å². The fourth-order valence-corrected chi connectivity index (χ4v) is 25.5. The molecule has 27 rings (SSSR count). The van der Waals surface area contributed by atoms with E-state index in [-0.39, 0.29) is 0 Å². The molecule has 0 radical (unpaired) electrons. The van der Waals surface area contributed by atoms with Crippen molar-refractivity contribution >= 4 is 131 Å². The molecule has 0 saturated heterocycles. The molecular weight excluding hydrogens is 1680 g/mol. The Kier molecular flexibility index (Phi) is 18.5. The molecule has 0 fully saturated rings. The highest BCUT2D eigenvalue weighted by atomic mass is 32.1. The van der Waals surface area contributed by atoms with Gasteiger partial charge in [-0.05, 0) is 263 Å². The van der Waals surface area contributed by atoms with Gasteiger partial charge in [0.15, 0.2) is 0 Å². The summed E-state index contributed by atoms with van der Waals surface area (Å²) in [6, 6.07) is 190. The first-order valence-electron chi connectivity index (χ1n) is 46.8. The Morgan fingerprint density at radius 1 is 0.184 bits per heavy atom. The maximum Gasteiger partial charge on any atom is 0.0808 e. The summed E-state index contributed by atoms with van der Waals surface area (Å²) in [6.45, 7) is 0. The molecule has 4 heterocycles. The lowest BCUT2D eigenvalue weighted by Gasteiger charge is -2.34. The number of para-hydroxylation sites is 3. The number of hydrogen-bond donors (Lipinski definition) is 0. The van der Waals surface area contributed by atoms with Crippen molar-refractivity contribution in [2.24, 2.45) is 0 Å². The number of thiophene rings is 2. The average Bonchev–Trinajstić information content (AvgIpc) is 1.52. The summed E-state index contributed by atoms with van der Waals surface area (Å²) >= 11 is 3.87. The van der Waals surface area contributed by atoms with Crippen LogP contribution in [0.2, 0.25) is 0 Å². The second-order valence-electron chi connectivity index (χ2n) is 36.1. The zero-order valence-electron chi connectivity index (χ0n) is 74.1. The van der Waals surface area contributed by atoms with Gasteiger partial charge in [-0.1, -0.05) is 358 Å². The van der Waals surface area contributed by atoms with Gasteiger partial charge in [-0.25, -0.2) is 0 Å². The molecule has 136 heavy (non-hydrogen) atoms. The Balaban J connectivity index is 0.501. The van der Waals surface area contributed by atoms with Crippen molar-refractivity contribution in [1.82, 2.24) is 9.13 Å². The van der Waals surface area contributed by atoms with Crippen molar-refractivity contribution in [3.05, 3.63) is 553 Å². The summed E-state index contributed by atoms with van der Waals surface area (Å²) in [4.78, 5) is 7.59. The molecule has 0 unspecified atom stereocenters. The van der Waals surface area contributed by atoms with Gasteiger partial charge < -0.3 is 18.9 Å². The van der Waals surface area contributed by atoms with E-state index >= 15 is 0 Å². The molecule has 4 nitrogen and oxygen atoms in total. The van der Waals surface area contributed by atoms with Crippen LogP contribution in [0.5, 0.6) is 0 Å². The molecule has 25 aromatic rings. The molecule has 6 heteroatoms. The van der Waals surface area contributed by atoms with Gasteiger partial charge in [-0.3, -0.25) is 0 Å². The Morgan fingerprint density at radius 2 is 0.485 bits per heavy atom. The first-order valence-corrected chi connectivity index (χ1v) is 48.4. The summed E-state index contributed by atoms with van der Waals surface area (Å²) in [5.41, 5.74) is 36.8. The van der Waals surface area contributed by atoms with Crippen molar-refractivity contribution in [2.45, 2.75) is 10.8 Å². The molecule has 0 bridgehead atoms. The molecule has 0 saturated carbocycles. The molecular formula is C130H84N4S2. The van der Waals surface area contributed by atoms with Crippen LogP contribution in [0, 0.1) is 0 Å². The van der Waals surface area contributed by atoms with Crippen molar-refractivity contribution in [3.63, 3.8) is 0 Å². The van der Waals surface area contributed by atoms with E-state index in [0.29, 0.717) is 0 Å². The van der Waals surface area contributed by atoms with Gasteiger partial charge in [0.25, 0.3) is 0 Å². The van der Waals surface area contributed by atoms with Crippen LogP contribution in [-0.2, 0) is 10.8 Å². The minimum atomic E-state index is -0.647. The summed E-state index contributed by atoms with van der Waals surface area (Å²) in [5.74, 6) is 0. The highest BCUT2D eigenvalue weighted by Crippen LogP contribution is 2.65. The van der Waals surface area contributed by atoms with Crippen LogP contribution in [-0.4, -0.2) is 9.13 Å². The maximum atomic E-state index is 2.52. The maximum absolute atomic E-state index is 2.52. The van der Waals surface area contributed by atoms with E-state index in [1.807, 2.05) is 22.7 Å². The van der Waals surface area contributed by atoms with E-state index in [1.54, 1.807) is 0 Å². The highest BCUT2D eigenvalue weighted by molar-refractivity contribution is 7.20. The third-order valence-corrected chi connectivity index (χ3v) is 31.4. The molecule has 4 aromatic heterocycles. The SMILES string of the molecule is c1ccc(-c2ccc(-n3c4ccccc4c4cc(-c5ccc(N(c6ccc7c(c6)C(c6ccccc6)(c6ccccc6)c6sc8ccc(-c9ccc(-c%10ccc(-n%11c%12ccccc%12c%12cc(-c%13ccc(N(c%14ccccc%14)c%14ccc%15c(c%14)C(c%14ccccc%14)(c%14ccccc%14)c%14sc%16ccccc%16c%14-%15)cc%13)ccc%12%11)cc%10)cc9)cc8c6-7)c6ccc7ccccc7c6)cc5)ccc43)cc2)cc1. The van der Waals surface area contributed by atoms with Gasteiger partial charge in [-0.2, -0.15) is 0 Å². The highest BCUT2D eigenvalue weighted by Gasteiger charge is 2.51. The predicted molar refractivity (Wildman–Crippen MR) is 575 cm³/mol. The quantitative estimate of drug-likeness (QED) is 0.0903. The van der Waals surface area contributed by atoms with Gasteiger partial charge in [0.1, 0.15) is 0 Å². The molecule has 2 aliphatic rings. The monoisotopic (exact) mass is 1760 g/mol. The first-order chi connectivity index (χ1) is 67.4. The van der Waals surface area contributed by atoms with Gasteiger partial charge in [0.2, 0.25) is 0 Å². The molecule has 0 atom stereocenters. The van der Waals surface area contributed by atoms with E-state index in [2.05, 4.69) is 529 Å². The van der Waals surface area contributed by atoms with Crippen LogP contribution >= 0.6 is 22.7 Å². The second kappa shape index (κ2) is 31.9. The Bertz CT molecular complexity index is 8890. The smallest absolute Gasteiger partial charge is 0.0808 e. The van der Waals surface area contributed by atoms with Crippen molar-refractivity contribution in [1.29, 1.82) is 0 Å². The van der Waals surface area contributed by atoms with E-state index in [0.717, 1.165) is 73.3 Å². The topological polar surface area (TPSA) is 16.3 Å². The minimum absolute atomic E-state index is 0.533. The Labute approximate surface area is 797 Å². The third kappa shape index (κ3) is 12.5. The molecule has 0 spiro atoms. The number of anilines is 6. The summed E-state index contributed by atoms with van der Waals surface area (Å²) in [7, 11) is 0. The number of hydrogen-bond acceptors (Lipinski definition) is 4. The largest absolute Gasteiger partial charge is 0.310 e. The van der Waals surface area contributed by atoms with Crippen molar-refractivity contribution in [2.75, 3.05) is 9.80 Å². The normalized spacial score (nSPS) is 12.8. The fraction of sp³-hybridized carbons (Fsp3) is 0.0154. The standard InChI is InChI=1S/C130H84N4S2/c1-7-27-85(28-8-1)88-51-67-104(68-52-88)133-119-44-24-21-41-109(119)115-81-95(61-77-121(115)133)92-57-65-103(66-58-92)132(106-71-59-86-29-19-20-30-93(86)79-106)108-73-75-112-118(84-108)130(99-35-13-4-14-36-99,100-37-15-5-16-38-100)128-126(112)116-82-96(62-78-124(116)136-128)90-49-47-87(48-50-90)89-53-69-105(70-54-89)134-120-45-25-22-42-110(120)114-80-94(60-76-122(114)134)91-55-63-102(64-56-91)131(101-39-17-6-18-40-101)107-72-74-111-117(83-107)129(97-31-9-2-10-32-97,98-33-11-3-12-34-98)127-125(111)113-43-23-26-46-123(113)135-127/h1-84H. The number of aromatic nitrogens is 2. The van der Waals surface area contributed by atoms with Crippen LogP contribution in [0.25, 0.3) is 164 Å². The summed E-state index contributed by atoms with van der Waals surface area (Å²) < 4.78 is 7.41. The van der Waals surface area contributed by atoms with Gasteiger partial charge >= 0.3 is 0 Å². The minimum Gasteiger partial charge on any atom is -0.310 e. The lowest BCUT2D eigenvalue weighted by atomic mass is 9.70. The molecule has 21 aromatic carbocycles. The average molecular weight is 1770 g/mol. The van der Waals surface area contributed by atoms with Crippen molar-refractivity contribution < 1.29 is 0 Å². The summed E-state index contributed by atoms with van der Waals surface area (Å²) in [5, 5.41) is 9.84. The Morgan fingerprint density at radius 3 is 0.956 bits per heavy atom. The third-order valence-electron chi connectivity index (χ3n) is 28.8. The molecule has 0 amide bonds. The van der Waals surface area contributed by atoms with E-state index in [1.165, 1.54) is 168 Å². The zero-order valence-corrected chi connectivity index (χ0v) is 75.7. The number of nitrogens with zero attached hydrogens (tertiary/aromatic N) is 4. The van der Waals surface area contributed by atoms with Gasteiger partial charge in [-0.15, -0.1) is 22.7 Å². The predicted octanol–water partition coefficient (Wildman–Crippen LogP) is 35.5. The van der Waals surface area contributed by atoms with E-state index in [4.69, 9.17) is 0 Å². The van der Waals surface area contributed by atoms with E-state index in [9.17, 15) is 0 Å². The van der Waals surface area contributed by atoms with Crippen LogP contribution in [0.4, 0.5) is 34.1 Å². The number of fused-ring (bicyclic) bond motifs is 17. The fourth-order valence-electron chi connectivity index (χ4n) is 22.6. The number of rotatable bonds is 17. The second-order valence-corrected chi connectivity index (χ2v) is 38.2. The lowest BCUT2D eigenvalue weighted by molar-refractivity contribution is 0.785. The van der Waals surface area contributed by atoms with Gasteiger partial charge in [0.05, 0.1) is 32.9 Å². The summed E-state index contributed by atoms with van der Waals surface area (Å²) in [6.07, 6.45) is 0.